The van der Waals surface area contributed by atoms with Gasteiger partial charge in [0, 0.05) is 11.4 Å². The first-order valence-electron chi connectivity index (χ1n) is 4.25. The van der Waals surface area contributed by atoms with Crippen LogP contribution in [0, 0.1) is 0 Å². The van der Waals surface area contributed by atoms with E-state index in [4.69, 9.17) is 5.11 Å². The molecule has 0 spiro atoms. The molecule has 1 amide bonds. The molecule has 0 aromatic carbocycles. The molecule has 0 aliphatic carbocycles. The van der Waals surface area contributed by atoms with Gasteiger partial charge in [-0.1, -0.05) is 0 Å². The molecule has 1 fully saturated rings. The van der Waals surface area contributed by atoms with Gasteiger partial charge in [-0.25, -0.2) is 4.79 Å². The maximum absolute atomic E-state index is 11.2. The SMILES string of the molecule is CNCC1=C(C(=O)O)N2C(=O)C[C@@H]2S1. The Kier molecular flexibility index (Phi) is 2.24. The fourth-order valence-electron chi connectivity index (χ4n) is 1.61. The number of amides is 1. The maximum atomic E-state index is 11.2. The van der Waals surface area contributed by atoms with Gasteiger partial charge in [0.2, 0.25) is 5.91 Å². The number of hydrogen-bond donors (Lipinski definition) is 2. The smallest absolute Gasteiger partial charge is 0.353 e. The highest BCUT2D eigenvalue weighted by Crippen LogP contribution is 2.45. The molecular weight excluding hydrogens is 204 g/mol. The van der Waals surface area contributed by atoms with Crippen LogP contribution in [0.1, 0.15) is 6.42 Å². The van der Waals surface area contributed by atoms with E-state index in [1.165, 1.54) is 16.7 Å². The van der Waals surface area contributed by atoms with E-state index in [2.05, 4.69) is 5.32 Å². The summed E-state index contributed by atoms with van der Waals surface area (Å²) in [6.07, 6.45) is 0.453. The quantitative estimate of drug-likeness (QED) is 0.637. The van der Waals surface area contributed by atoms with Crippen molar-refractivity contribution in [2.24, 2.45) is 0 Å². The minimum atomic E-state index is -1.02. The molecule has 2 rings (SSSR count). The average Bonchev–Trinajstić information content (AvgIpc) is 2.39. The van der Waals surface area contributed by atoms with Gasteiger partial charge >= 0.3 is 5.97 Å². The molecule has 2 aliphatic heterocycles. The predicted molar refractivity (Wildman–Crippen MR) is 51.4 cm³/mol. The third-order valence-corrected chi connectivity index (χ3v) is 3.50. The minimum absolute atomic E-state index is 0.0250. The lowest BCUT2D eigenvalue weighted by molar-refractivity contribution is -0.145. The number of aliphatic carboxylic acids is 1. The highest BCUT2D eigenvalue weighted by atomic mass is 32.2. The van der Waals surface area contributed by atoms with Gasteiger partial charge < -0.3 is 10.4 Å². The Morgan fingerprint density at radius 2 is 2.50 bits per heavy atom. The van der Waals surface area contributed by atoms with Gasteiger partial charge in [0.05, 0.1) is 11.8 Å². The third kappa shape index (κ3) is 1.22. The van der Waals surface area contributed by atoms with E-state index in [-0.39, 0.29) is 17.0 Å². The second-order valence-electron chi connectivity index (χ2n) is 3.15. The van der Waals surface area contributed by atoms with E-state index in [1.54, 1.807) is 7.05 Å². The Balaban J connectivity index is 2.28. The molecule has 0 aromatic rings. The van der Waals surface area contributed by atoms with Gasteiger partial charge in [-0.2, -0.15) is 0 Å². The normalized spacial score (nSPS) is 25.1. The van der Waals surface area contributed by atoms with E-state index in [0.29, 0.717) is 13.0 Å². The number of carbonyl (C=O) groups excluding carboxylic acids is 1. The molecule has 0 radical (unpaired) electrons. The summed E-state index contributed by atoms with van der Waals surface area (Å²) in [5, 5.41) is 11.9. The van der Waals surface area contributed by atoms with Gasteiger partial charge in [0.25, 0.3) is 0 Å². The molecule has 6 heteroatoms. The van der Waals surface area contributed by atoms with Crippen molar-refractivity contribution < 1.29 is 14.7 Å². The van der Waals surface area contributed by atoms with Crippen LogP contribution in [0.5, 0.6) is 0 Å². The van der Waals surface area contributed by atoms with Gasteiger partial charge in [0.1, 0.15) is 5.70 Å². The molecule has 0 bridgehead atoms. The summed E-state index contributed by atoms with van der Waals surface area (Å²) in [7, 11) is 1.75. The lowest BCUT2D eigenvalue weighted by atomic mass is 10.1. The van der Waals surface area contributed by atoms with E-state index >= 15 is 0 Å². The first-order chi connectivity index (χ1) is 6.65. The summed E-state index contributed by atoms with van der Waals surface area (Å²) in [6, 6.07) is 0. The van der Waals surface area contributed by atoms with Crippen molar-refractivity contribution in [3.8, 4) is 0 Å². The Labute approximate surface area is 85.1 Å². The number of carbonyl (C=O) groups is 2. The Hall–Kier alpha value is -1.01. The molecule has 1 saturated heterocycles. The number of carboxylic acids is 1. The molecule has 2 N–H and O–H groups in total. The number of likely N-dealkylation sites (N-methyl/N-ethyl adjacent to an activating group) is 1. The molecule has 76 valence electrons. The molecule has 0 aromatic heterocycles. The lowest BCUT2D eigenvalue weighted by Crippen LogP contribution is -2.48. The standard InChI is InChI=1S/C8H10N2O3S/c1-9-3-4-7(8(12)13)10-5(11)2-6(10)14-4/h6,9H,2-3H2,1H3,(H,12,13)/t6-/m0/s1. The summed E-state index contributed by atoms with van der Waals surface area (Å²) in [6.45, 7) is 0.507. The number of nitrogens with zero attached hydrogens (tertiary/aromatic N) is 1. The molecule has 0 unspecified atom stereocenters. The van der Waals surface area contributed by atoms with Crippen LogP contribution in [0.15, 0.2) is 10.6 Å². The van der Waals surface area contributed by atoms with Crippen LogP contribution >= 0.6 is 11.8 Å². The number of rotatable bonds is 3. The second kappa shape index (κ2) is 3.29. The Morgan fingerprint density at radius 3 is 3.00 bits per heavy atom. The van der Waals surface area contributed by atoms with Crippen LogP contribution < -0.4 is 5.32 Å². The van der Waals surface area contributed by atoms with E-state index in [0.717, 1.165) is 4.91 Å². The summed E-state index contributed by atoms with van der Waals surface area (Å²) in [5.74, 6) is -1.11. The molecule has 0 saturated carbocycles. The van der Waals surface area contributed by atoms with Crippen LogP contribution in [0.25, 0.3) is 0 Å². The zero-order valence-corrected chi connectivity index (χ0v) is 8.43. The molecule has 14 heavy (non-hydrogen) atoms. The van der Waals surface area contributed by atoms with Gasteiger partial charge in [-0.05, 0) is 7.05 Å². The number of hydrogen-bond acceptors (Lipinski definition) is 4. The lowest BCUT2D eigenvalue weighted by Gasteiger charge is -2.33. The van der Waals surface area contributed by atoms with Gasteiger partial charge in [-0.15, -0.1) is 11.8 Å². The summed E-state index contributed by atoms with van der Waals surface area (Å²) < 4.78 is 0. The highest BCUT2D eigenvalue weighted by Gasteiger charge is 2.47. The third-order valence-electron chi connectivity index (χ3n) is 2.23. The Bertz CT molecular complexity index is 339. The van der Waals surface area contributed by atoms with Crippen LogP contribution in [0.3, 0.4) is 0 Å². The fourth-order valence-corrected chi connectivity index (χ4v) is 3.02. The maximum Gasteiger partial charge on any atom is 0.353 e. The Morgan fingerprint density at radius 1 is 1.79 bits per heavy atom. The van der Waals surface area contributed by atoms with Gasteiger partial charge in [0.15, 0.2) is 0 Å². The van der Waals surface area contributed by atoms with Crippen molar-refractivity contribution >= 4 is 23.6 Å². The number of carboxylic acid groups (broad SMARTS) is 1. The first-order valence-corrected chi connectivity index (χ1v) is 5.13. The van der Waals surface area contributed by atoms with Crippen molar-refractivity contribution in [2.75, 3.05) is 13.6 Å². The second-order valence-corrected chi connectivity index (χ2v) is 4.42. The molecule has 1 atom stereocenters. The van der Waals surface area contributed by atoms with Crippen LogP contribution in [-0.2, 0) is 9.59 Å². The van der Waals surface area contributed by atoms with Crippen molar-refractivity contribution in [3.05, 3.63) is 10.6 Å². The largest absolute Gasteiger partial charge is 0.477 e. The summed E-state index contributed by atoms with van der Waals surface area (Å²) in [4.78, 5) is 24.2. The van der Waals surface area contributed by atoms with Crippen molar-refractivity contribution in [3.63, 3.8) is 0 Å². The average molecular weight is 214 g/mol. The highest BCUT2D eigenvalue weighted by molar-refractivity contribution is 8.04. The number of β-lactam (4-membered cyclic amide) rings is 1. The summed E-state index contributed by atoms with van der Waals surface area (Å²) >= 11 is 1.47. The van der Waals surface area contributed by atoms with Crippen LogP contribution in [0.2, 0.25) is 0 Å². The van der Waals surface area contributed by atoms with Crippen LogP contribution in [0.4, 0.5) is 0 Å². The molecule has 2 aliphatic rings. The zero-order chi connectivity index (χ0) is 10.3. The summed E-state index contributed by atoms with van der Waals surface area (Å²) in [5.41, 5.74) is 0.158. The molecule has 5 nitrogen and oxygen atoms in total. The number of thioether (sulfide) groups is 1. The van der Waals surface area contributed by atoms with Crippen molar-refractivity contribution in [1.29, 1.82) is 0 Å². The van der Waals surface area contributed by atoms with E-state index < -0.39 is 5.97 Å². The number of nitrogens with one attached hydrogen (secondary N) is 1. The minimum Gasteiger partial charge on any atom is -0.477 e. The fraction of sp³-hybridized carbons (Fsp3) is 0.500. The van der Waals surface area contributed by atoms with E-state index in [9.17, 15) is 9.59 Å². The monoisotopic (exact) mass is 214 g/mol. The first kappa shape index (κ1) is 9.54. The predicted octanol–water partition coefficient (Wildman–Crippen LogP) is -0.193. The van der Waals surface area contributed by atoms with Crippen LogP contribution in [-0.4, -0.2) is 40.8 Å². The van der Waals surface area contributed by atoms with Crippen molar-refractivity contribution in [1.82, 2.24) is 10.2 Å². The topological polar surface area (TPSA) is 69.6 Å². The molecule has 2 heterocycles. The van der Waals surface area contributed by atoms with Gasteiger partial charge in [-0.3, -0.25) is 9.69 Å². The zero-order valence-electron chi connectivity index (χ0n) is 7.61. The van der Waals surface area contributed by atoms with E-state index in [1.807, 2.05) is 0 Å². The number of fused-ring (bicyclic) bond motifs is 1. The van der Waals surface area contributed by atoms with Crippen molar-refractivity contribution in [2.45, 2.75) is 11.8 Å². The molecular formula is C8H10N2O3S.